The van der Waals surface area contributed by atoms with Crippen LogP contribution >= 0.6 is 50.6 Å². The third kappa shape index (κ3) is 5.21. The van der Waals surface area contributed by atoms with Crippen molar-refractivity contribution >= 4 is 55.8 Å². The first kappa shape index (κ1) is 26.1. The molecule has 5 heterocycles. The largest absolute Gasteiger partial charge is 0.375 e. The Bertz CT molecular complexity index is 1410. The number of thiazole rings is 1. The molecule has 2 N–H and O–H groups in total. The van der Waals surface area contributed by atoms with Crippen LogP contribution in [0, 0.1) is 0 Å². The van der Waals surface area contributed by atoms with Gasteiger partial charge in [-0.1, -0.05) is 58.9 Å². The van der Waals surface area contributed by atoms with E-state index in [4.69, 9.17) is 36.3 Å². The second-order valence-corrected chi connectivity index (χ2v) is 11.8. The number of anilines is 1. The van der Waals surface area contributed by atoms with Crippen molar-refractivity contribution in [3.8, 4) is 11.4 Å². The average Bonchev–Trinajstić information content (AvgIpc) is 3.59. The molecular weight excluding hydrogens is 616 g/mol. The summed E-state index contributed by atoms with van der Waals surface area (Å²) in [5.41, 5.74) is 7.57. The molecule has 0 bridgehead atoms. The molecule has 4 aromatic rings. The molecule has 0 spiro atoms. The number of benzene rings is 1. The van der Waals surface area contributed by atoms with Gasteiger partial charge in [-0.15, -0.1) is 16.4 Å². The van der Waals surface area contributed by atoms with E-state index in [0.29, 0.717) is 32.8 Å². The van der Waals surface area contributed by atoms with Crippen molar-refractivity contribution in [3.63, 3.8) is 0 Å². The second-order valence-electron chi connectivity index (χ2n) is 8.63. The molecule has 14 heteroatoms. The molecule has 0 radical (unpaired) electrons. The van der Waals surface area contributed by atoms with E-state index in [0.717, 1.165) is 10.5 Å². The number of thioether (sulfide) groups is 1. The number of ether oxygens (including phenoxy) is 4. The maximum Gasteiger partial charge on any atom is 0.184 e. The molecule has 2 aliphatic heterocycles. The molecular formula is C24H22BrClN6O4S2. The van der Waals surface area contributed by atoms with Gasteiger partial charge >= 0.3 is 0 Å². The highest BCUT2D eigenvalue weighted by molar-refractivity contribution is 9.10. The molecule has 2 fully saturated rings. The van der Waals surface area contributed by atoms with Crippen LogP contribution in [0.1, 0.15) is 17.9 Å². The fourth-order valence-electron chi connectivity index (χ4n) is 4.55. The van der Waals surface area contributed by atoms with E-state index in [9.17, 15) is 0 Å². The van der Waals surface area contributed by atoms with E-state index < -0.39 is 36.1 Å². The van der Waals surface area contributed by atoms with Crippen LogP contribution in [-0.2, 0) is 18.9 Å². The fourth-order valence-corrected chi connectivity index (χ4v) is 7.03. The van der Waals surface area contributed by atoms with Gasteiger partial charge in [0.05, 0.1) is 17.8 Å². The quantitative estimate of drug-likeness (QED) is 0.290. The summed E-state index contributed by atoms with van der Waals surface area (Å²) < 4.78 is 27.7. The van der Waals surface area contributed by atoms with Crippen molar-refractivity contribution in [1.29, 1.82) is 0 Å². The second kappa shape index (κ2) is 11.2. The molecule has 1 aromatic carbocycles. The molecule has 3 unspecified atom stereocenters. The molecule has 3 aromatic heterocycles. The Morgan fingerprint density at radius 3 is 2.84 bits per heavy atom. The molecule has 0 amide bonds. The predicted molar refractivity (Wildman–Crippen MR) is 147 cm³/mol. The van der Waals surface area contributed by atoms with Gasteiger partial charge in [-0.25, -0.2) is 14.6 Å². The monoisotopic (exact) mass is 636 g/mol. The molecule has 2 aliphatic rings. The number of aromatic nitrogens is 5. The highest BCUT2D eigenvalue weighted by Gasteiger charge is 2.52. The first-order chi connectivity index (χ1) is 18.5. The molecule has 198 valence electrons. The van der Waals surface area contributed by atoms with Gasteiger partial charge in [-0.05, 0) is 22.0 Å². The van der Waals surface area contributed by atoms with Crippen LogP contribution in [0.2, 0.25) is 5.02 Å². The topological polar surface area (TPSA) is 119 Å². The minimum Gasteiger partial charge on any atom is -0.375 e. The van der Waals surface area contributed by atoms with E-state index >= 15 is 0 Å². The Morgan fingerprint density at radius 2 is 2.08 bits per heavy atom. The lowest BCUT2D eigenvalue weighted by Gasteiger charge is -2.48. The number of methoxy groups -OCH3 is 1. The number of nitrogens with zero attached hydrogens (tertiary/aromatic N) is 5. The number of nitrogen functional groups attached to an aromatic ring is 1. The summed E-state index contributed by atoms with van der Waals surface area (Å²) in [5, 5.41) is 11.7. The number of hydrogen-bond acceptors (Lipinski definition) is 11. The van der Waals surface area contributed by atoms with Gasteiger partial charge in [0.15, 0.2) is 11.4 Å². The van der Waals surface area contributed by atoms with Crippen LogP contribution in [0.15, 0.2) is 63.7 Å². The van der Waals surface area contributed by atoms with Crippen molar-refractivity contribution in [3.05, 3.63) is 69.4 Å². The summed E-state index contributed by atoms with van der Waals surface area (Å²) in [6.07, 6.45) is 1.56. The Labute approximate surface area is 239 Å². The van der Waals surface area contributed by atoms with Crippen molar-refractivity contribution in [1.82, 2.24) is 25.0 Å². The highest BCUT2D eigenvalue weighted by atomic mass is 79.9. The maximum absolute atomic E-state index is 6.53. The highest BCUT2D eigenvalue weighted by Crippen LogP contribution is 2.45. The van der Waals surface area contributed by atoms with Gasteiger partial charge < -0.3 is 24.7 Å². The number of rotatable bonds is 6. The predicted octanol–water partition coefficient (Wildman–Crippen LogP) is 4.98. The minimum atomic E-state index is -0.558. The summed E-state index contributed by atoms with van der Waals surface area (Å²) >= 11 is 12.5. The molecule has 6 atom stereocenters. The van der Waals surface area contributed by atoms with Crippen molar-refractivity contribution in [2.45, 2.75) is 41.0 Å². The molecule has 0 aliphatic carbocycles. The van der Waals surface area contributed by atoms with Gasteiger partial charge in [0.25, 0.3) is 0 Å². The summed E-state index contributed by atoms with van der Waals surface area (Å²) in [7, 11) is 1.65. The van der Waals surface area contributed by atoms with Gasteiger partial charge in [0.2, 0.25) is 0 Å². The lowest BCUT2D eigenvalue weighted by molar-refractivity contribution is -0.308. The Kier molecular flexibility index (Phi) is 7.69. The lowest BCUT2D eigenvalue weighted by Crippen LogP contribution is -2.59. The molecule has 10 nitrogen and oxygen atoms in total. The van der Waals surface area contributed by atoms with Gasteiger partial charge in [0, 0.05) is 29.1 Å². The SMILES string of the molecule is COC1[C@@H](Sc2cc(Cl)cnc2Br)OC2COC(c3ccccc3)O[C@@H]2[C@@H]1n1cc(-c2csc(N)n2)nn1. The van der Waals surface area contributed by atoms with Crippen LogP contribution in [0.4, 0.5) is 5.13 Å². The van der Waals surface area contributed by atoms with Crippen LogP contribution < -0.4 is 5.73 Å². The Balaban J connectivity index is 1.36. The average molecular weight is 638 g/mol. The first-order valence-electron chi connectivity index (χ1n) is 11.6. The van der Waals surface area contributed by atoms with Crippen LogP contribution in [0.5, 0.6) is 0 Å². The third-order valence-electron chi connectivity index (χ3n) is 6.27. The molecule has 0 saturated carbocycles. The van der Waals surface area contributed by atoms with Gasteiger partial charge in [0.1, 0.15) is 45.8 Å². The van der Waals surface area contributed by atoms with Gasteiger partial charge in [-0.3, -0.25) is 0 Å². The number of fused-ring (bicyclic) bond motifs is 1. The van der Waals surface area contributed by atoms with Crippen molar-refractivity contribution in [2.75, 3.05) is 19.5 Å². The fraction of sp³-hybridized carbons (Fsp3) is 0.333. The lowest BCUT2D eigenvalue weighted by atomic mass is 9.95. The zero-order valence-corrected chi connectivity index (χ0v) is 23.9. The van der Waals surface area contributed by atoms with Crippen LogP contribution in [0.25, 0.3) is 11.4 Å². The van der Waals surface area contributed by atoms with E-state index in [-0.39, 0.29) is 0 Å². The molecule has 6 rings (SSSR count). The summed E-state index contributed by atoms with van der Waals surface area (Å²) in [6.45, 7) is 0.327. The number of halogens is 2. The zero-order chi connectivity index (χ0) is 26.2. The van der Waals surface area contributed by atoms with E-state index in [2.05, 4.69) is 36.2 Å². The smallest absolute Gasteiger partial charge is 0.184 e. The zero-order valence-electron chi connectivity index (χ0n) is 19.9. The van der Waals surface area contributed by atoms with Crippen LogP contribution in [-0.4, -0.2) is 62.4 Å². The van der Waals surface area contributed by atoms with Crippen LogP contribution in [0.3, 0.4) is 0 Å². The Morgan fingerprint density at radius 1 is 1.24 bits per heavy atom. The number of nitrogens with two attached hydrogens (primary N) is 1. The molecule has 38 heavy (non-hydrogen) atoms. The summed E-state index contributed by atoms with van der Waals surface area (Å²) in [6, 6.07) is 11.2. The number of hydrogen-bond donors (Lipinski definition) is 1. The Hall–Kier alpha value is -2.10. The molecule has 2 saturated heterocycles. The van der Waals surface area contributed by atoms with Crippen molar-refractivity contribution in [2.24, 2.45) is 0 Å². The maximum atomic E-state index is 6.53. The summed E-state index contributed by atoms with van der Waals surface area (Å²) in [5.74, 6) is 0. The minimum absolute atomic E-state index is 0.327. The summed E-state index contributed by atoms with van der Waals surface area (Å²) in [4.78, 5) is 9.47. The number of pyridine rings is 1. The van der Waals surface area contributed by atoms with E-state index in [1.54, 1.807) is 18.0 Å². The van der Waals surface area contributed by atoms with Gasteiger partial charge in [-0.2, -0.15) is 0 Å². The standard InChI is InChI=1S/C24H22BrClN6O4S2/c1-33-20-18(32-9-14(30-31-32)15-11-37-24(27)29-15)19-16(10-34-22(36-19)12-5-3-2-4-6-12)35-23(20)38-17-7-13(26)8-28-21(17)25/h2-9,11,16,18-20,22-23H,10H2,1H3,(H2,27,29)/t16?,18-,19-,20?,22?,23+/m0/s1. The van der Waals surface area contributed by atoms with Crippen molar-refractivity contribution < 1.29 is 18.9 Å². The van der Waals surface area contributed by atoms with E-state index in [1.165, 1.54) is 23.1 Å². The normalized spacial score (nSPS) is 27.2. The third-order valence-corrected chi connectivity index (χ3v) is 9.22. The van der Waals surface area contributed by atoms with E-state index in [1.807, 2.05) is 48.0 Å². The first-order valence-corrected chi connectivity index (χ1v) is 14.5.